The van der Waals surface area contributed by atoms with Crippen LogP contribution in [0.4, 0.5) is 5.69 Å². The fourth-order valence-electron chi connectivity index (χ4n) is 3.20. The van der Waals surface area contributed by atoms with E-state index >= 15 is 0 Å². The Hall–Kier alpha value is -3.50. The van der Waals surface area contributed by atoms with Crippen LogP contribution in [0.25, 0.3) is 0 Å². The number of carbonyl (C=O) groups excluding carboxylic acids is 1. The predicted molar refractivity (Wildman–Crippen MR) is 120 cm³/mol. The molecule has 0 aromatic heterocycles. The van der Waals surface area contributed by atoms with Crippen LogP contribution in [0.15, 0.2) is 59.1 Å². The molecule has 0 fully saturated rings. The van der Waals surface area contributed by atoms with Gasteiger partial charge in [-0.3, -0.25) is 4.79 Å². The minimum absolute atomic E-state index is 0.247. The average molecular weight is 479 g/mol. The summed E-state index contributed by atoms with van der Waals surface area (Å²) >= 11 is 3.44. The van der Waals surface area contributed by atoms with E-state index in [2.05, 4.69) is 27.3 Å². The first-order chi connectivity index (χ1) is 15.0. The van der Waals surface area contributed by atoms with E-state index in [1.807, 2.05) is 25.1 Å². The third kappa shape index (κ3) is 4.81. The Bertz CT molecular complexity index is 1190. The number of nitrogens with zero attached hydrogens (tertiary/aromatic N) is 1. The number of nitriles is 1. The predicted octanol–water partition coefficient (Wildman–Crippen LogP) is 5.23. The number of hydrogen-bond donors (Lipinski definition) is 1. The molecule has 156 valence electrons. The van der Waals surface area contributed by atoms with Crippen LogP contribution in [0.2, 0.25) is 0 Å². The van der Waals surface area contributed by atoms with Gasteiger partial charge in [0, 0.05) is 11.3 Å². The summed E-state index contributed by atoms with van der Waals surface area (Å²) in [6, 6.07) is 18.3. The second-order valence-corrected chi connectivity index (χ2v) is 7.87. The van der Waals surface area contributed by atoms with Crippen LogP contribution in [0.1, 0.15) is 27.0 Å². The summed E-state index contributed by atoms with van der Waals surface area (Å²) in [7, 11) is 0. The van der Waals surface area contributed by atoms with Crippen molar-refractivity contribution < 1.29 is 19.0 Å². The zero-order valence-corrected chi connectivity index (χ0v) is 18.4. The van der Waals surface area contributed by atoms with E-state index in [9.17, 15) is 4.79 Å². The lowest BCUT2D eigenvalue weighted by Gasteiger charge is -2.20. The topological polar surface area (TPSA) is 80.6 Å². The molecule has 0 spiro atoms. The summed E-state index contributed by atoms with van der Waals surface area (Å²) in [4.78, 5) is 12.8. The van der Waals surface area contributed by atoms with Crippen LogP contribution in [0, 0.1) is 18.3 Å². The van der Waals surface area contributed by atoms with Crippen molar-refractivity contribution in [3.63, 3.8) is 0 Å². The summed E-state index contributed by atoms with van der Waals surface area (Å²) in [6.07, 6.45) is 0. The van der Waals surface area contributed by atoms with Gasteiger partial charge in [-0.15, -0.1) is 0 Å². The van der Waals surface area contributed by atoms with Gasteiger partial charge in [0.15, 0.2) is 11.5 Å². The number of nitrogens with one attached hydrogen (secondary N) is 1. The molecular weight excluding hydrogens is 460 g/mol. The number of rotatable bonds is 5. The Kier molecular flexibility index (Phi) is 6.10. The largest absolute Gasteiger partial charge is 0.489 e. The average Bonchev–Trinajstić information content (AvgIpc) is 2.79. The van der Waals surface area contributed by atoms with Gasteiger partial charge in [-0.2, -0.15) is 5.26 Å². The Balaban J connectivity index is 1.44. The second-order valence-electron chi connectivity index (χ2n) is 7.01. The summed E-state index contributed by atoms with van der Waals surface area (Å²) in [5.41, 5.74) is 3.54. The van der Waals surface area contributed by atoms with Crippen molar-refractivity contribution in [3.05, 3.63) is 81.3 Å². The third-order valence-electron chi connectivity index (χ3n) is 4.77. The Morgan fingerprint density at radius 2 is 2.00 bits per heavy atom. The molecule has 31 heavy (non-hydrogen) atoms. The summed E-state index contributed by atoms with van der Waals surface area (Å²) < 4.78 is 17.7. The molecule has 0 saturated heterocycles. The molecule has 0 aliphatic carbocycles. The molecule has 0 saturated carbocycles. The van der Waals surface area contributed by atoms with E-state index in [1.165, 1.54) is 0 Å². The van der Waals surface area contributed by atoms with Crippen molar-refractivity contribution in [1.82, 2.24) is 0 Å². The van der Waals surface area contributed by atoms with Gasteiger partial charge < -0.3 is 19.5 Å². The van der Waals surface area contributed by atoms with Gasteiger partial charge in [-0.25, -0.2) is 0 Å². The van der Waals surface area contributed by atoms with E-state index in [4.69, 9.17) is 19.5 Å². The van der Waals surface area contributed by atoms with Crippen molar-refractivity contribution in [2.75, 3.05) is 18.5 Å². The summed E-state index contributed by atoms with van der Waals surface area (Å²) in [6.45, 7) is 3.19. The first-order valence-corrected chi connectivity index (χ1v) is 10.5. The molecule has 3 aromatic rings. The minimum atomic E-state index is -0.247. The van der Waals surface area contributed by atoms with Crippen molar-refractivity contribution in [3.8, 4) is 23.3 Å². The number of anilines is 1. The maximum absolute atomic E-state index is 12.8. The highest BCUT2D eigenvalue weighted by Gasteiger charge is 2.19. The lowest BCUT2D eigenvalue weighted by Crippen LogP contribution is -2.18. The number of fused-ring (bicyclic) bond motifs is 1. The lowest BCUT2D eigenvalue weighted by molar-refractivity contribution is 0.102. The first kappa shape index (κ1) is 20.8. The smallest absolute Gasteiger partial charge is 0.255 e. The quantitative estimate of drug-likeness (QED) is 0.542. The molecular formula is C24H19BrN2O4. The molecule has 1 aliphatic heterocycles. The maximum atomic E-state index is 12.8. The van der Waals surface area contributed by atoms with Gasteiger partial charge in [-0.1, -0.05) is 12.1 Å². The SMILES string of the molecule is Cc1cc(OCc2cccc(C#N)c2)ccc1NC(=O)c1cc(Br)c2c(c1)OCCO2. The maximum Gasteiger partial charge on any atom is 0.255 e. The molecule has 6 nitrogen and oxygen atoms in total. The monoisotopic (exact) mass is 478 g/mol. The van der Waals surface area contributed by atoms with Crippen LogP contribution >= 0.6 is 15.9 Å². The molecule has 0 bridgehead atoms. The number of benzene rings is 3. The fourth-order valence-corrected chi connectivity index (χ4v) is 3.76. The minimum Gasteiger partial charge on any atom is -0.489 e. The van der Waals surface area contributed by atoms with Gasteiger partial charge in [0.1, 0.15) is 25.6 Å². The number of aryl methyl sites for hydroxylation is 1. The molecule has 0 radical (unpaired) electrons. The normalized spacial score (nSPS) is 12.0. The Labute approximate surface area is 188 Å². The van der Waals surface area contributed by atoms with Crippen LogP contribution in [0.5, 0.6) is 17.2 Å². The van der Waals surface area contributed by atoms with Crippen molar-refractivity contribution in [2.24, 2.45) is 0 Å². The van der Waals surface area contributed by atoms with Gasteiger partial charge in [0.05, 0.1) is 16.1 Å². The van der Waals surface area contributed by atoms with Gasteiger partial charge in [-0.05, 0) is 76.4 Å². The van der Waals surface area contributed by atoms with Crippen LogP contribution < -0.4 is 19.5 Å². The van der Waals surface area contributed by atoms with E-state index in [0.717, 1.165) is 11.1 Å². The van der Waals surface area contributed by atoms with Crippen molar-refractivity contribution in [1.29, 1.82) is 5.26 Å². The van der Waals surface area contributed by atoms with Crippen LogP contribution in [-0.4, -0.2) is 19.1 Å². The zero-order chi connectivity index (χ0) is 21.8. The highest BCUT2D eigenvalue weighted by atomic mass is 79.9. The Morgan fingerprint density at radius 1 is 1.16 bits per heavy atom. The van der Waals surface area contributed by atoms with Gasteiger partial charge in [0.25, 0.3) is 5.91 Å². The van der Waals surface area contributed by atoms with Crippen molar-refractivity contribution >= 4 is 27.5 Å². The molecule has 7 heteroatoms. The van der Waals surface area contributed by atoms with E-state index in [0.29, 0.717) is 58.4 Å². The summed E-state index contributed by atoms with van der Waals surface area (Å²) in [5, 5.41) is 11.9. The Morgan fingerprint density at radius 3 is 2.81 bits per heavy atom. The highest BCUT2D eigenvalue weighted by Crippen LogP contribution is 2.38. The summed E-state index contributed by atoms with van der Waals surface area (Å²) in [5.74, 6) is 1.59. The second kappa shape index (κ2) is 9.11. The zero-order valence-electron chi connectivity index (χ0n) is 16.8. The molecule has 0 atom stereocenters. The lowest BCUT2D eigenvalue weighted by atomic mass is 10.1. The highest BCUT2D eigenvalue weighted by molar-refractivity contribution is 9.10. The van der Waals surface area contributed by atoms with E-state index < -0.39 is 0 Å². The molecule has 3 aromatic carbocycles. The number of amides is 1. The molecule has 1 N–H and O–H groups in total. The van der Waals surface area contributed by atoms with Crippen LogP contribution in [-0.2, 0) is 6.61 Å². The van der Waals surface area contributed by atoms with Gasteiger partial charge >= 0.3 is 0 Å². The standard InChI is InChI=1S/C24H19BrN2O4/c1-15-9-19(31-14-17-4-2-3-16(10-17)13-26)5-6-21(15)27-24(28)18-11-20(25)23-22(12-18)29-7-8-30-23/h2-6,9-12H,7-8,14H2,1H3,(H,27,28). The number of ether oxygens (including phenoxy) is 3. The van der Waals surface area contributed by atoms with Crippen molar-refractivity contribution in [2.45, 2.75) is 13.5 Å². The number of hydrogen-bond acceptors (Lipinski definition) is 5. The first-order valence-electron chi connectivity index (χ1n) is 9.66. The molecule has 4 rings (SSSR count). The molecule has 1 amide bonds. The molecule has 1 aliphatic rings. The van der Waals surface area contributed by atoms with Crippen LogP contribution in [0.3, 0.4) is 0 Å². The third-order valence-corrected chi connectivity index (χ3v) is 5.36. The van der Waals surface area contributed by atoms with Gasteiger partial charge in [0.2, 0.25) is 0 Å². The number of halogens is 1. The number of carbonyl (C=O) groups is 1. The van der Waals surface area contributed by atoms with E-state index in [1.54, 1.807) is 36.4 Å². The molecule has 0 unspecified atom stereocenters. The molecule has 1 heterocycles. The fraction of sp³-hybridized carbons (Fsp3) is 0.167. The van der Waals surface area contributed by atoms with E-state index in [-0.39, 0.29) is 5.91 Å².